The zero-order chi connectivity index (χ0) is 16.6. The number of nitrogens with one attached hydrogen (secondary N) is 1. The maximum Gasteiger partial charge on any atom is 0.151 e. The first-order valence-electron chi connectivity index (χ1n) is 5.72. The number of nitrogens with zero attached hydrogens (tertiary/aromatic N) is 2. The molecule has 1 aromatic carbocycles. The van der Waals surface area contributed by atoms with Crippen LogP contribution in [0.3, 0.4) is 0 Å². The molecular formula is C12H12AsN3O5S. The van der Waals surface area contributed by atoms with Crippen molar-refractivity contribution in [1.29, 1.82) is 5.26 Å². The summed E-state index contributed by atoms with van der Waals surface area (Å²) in [5, 5.41) is 20.5. The maximum atomic E-state index is 11.4. The summed E-state index contributed by atoms with van der Waals surface area (Å²) >= 11 is -3.49. The Morgan fingerprint density at radius 1 is 1.50 bits per heavy atom. The summed E-state index contributed by atoms with van der Waals surface area (Å²) in [6, 6.07) is 7.75. The summed E-state index contributed by atoms with van der Waals surface area (Å²) in [5.41, 5.74) is 2.30. The normalized spacial score (nSPS) is 12.3. The molecule has 22 heavy (non-hydrogen) atoms. The minimum atomic E-state index is -4.92. The SMILES string of the molecule is CC(=O)Nc1ccccc1[As](=O)(O)OO.N#Cc1cscn1. The Balaban J connectivity index is 0.000000287. The smallest absolute Gasteiger partial charge is 0.151 e. The Kier molecular flexibility index (Phi) is 6.98. The number of rotatable bonds is 3. The molecule has 0 spiro atoms. The maximum absolute atomic E-state index is 11.4. The van der Waals surface area contributed by atoms with Crippen molar-refractivity contribution in [2.45, 2.75) is 6.92 Å². The molecule has 0 aliphatic rings. The predicted molar refractivity (Wildman–Crippen MR) is 79.6 cm³/mol. The van der Waals surface area contributed by atoms with Gasteiger partial charge < -0.3 is 0 Å². The Morgan fingerprint density at radius 2 is 2.18 bits per heavy atom. The van der Waals surface area contributed by atoms with Crippen molar-refractivity contribution in [3.63, 3.8) is 0 Å². The van der Waals surface area contributed by atoms with Crippen LogP contribution in [0.25, 0.3) is 0 Å². The van der Waals surface area contributed by atoms with Gasteiger partial charge in [0.2, 0.25) is 0 Å². The molecule has 1 heterocycles. The van der Waals surface area contributed by atoms with Crippen molar-refractivity contribution in [1.82, 2.24) is 4.98 Å². The number of benzene rings is 1. The Bertz CT molecular complexity index is 714. The molecule has 2 aromatic rings. The number of hydrogen-bond acceptors (Lipinski definition) is 7. The van der Waals surface area contributed by atoms with Crippen LogP contribution < -0.4 is 9.67 Å². The minimum absolute atomic E-state index is 0.103. The van der Waals surface area contributed by atoms with E-state index in [1.807, 2.05) is 6.07 Å². The third-order valence-electron chi connectivity index (χ3n) is 2.18. The molecule has 116 valence electrons. The van der Waals surface area contributed by atoms with Gasteiger partial charge in [-0.3, -0.25) is 0 Å². The van der Waals surface area contributed by atoms with E-state index in [0.29, 0.717) is 5.69 Å². The Morgan fingerprint density at radius 3 is 2.64 bits per heavy atom. The number of hydrogen-bond donors (Lipinski definition) is 3. The van der Waals surface area contributed by atoms with Gasteiger partial charge in [-0.15, -0.1) is 11.3 Å². The second kappa shape index (κ2) is 8.48. The molecule has 3 N–H and O–H groups in total. The van der Waals surface area contributed by atoms with Gasteiger partial charge in [0.25, 0.3) is 0 Å². The van der Waals surface area contributed by atoms with E-state index in [1.54, 1.807) is 17.0 Å². The first-order valence-corrected chi connectivity index (χ1v) is 9.97. The van der Waals surface area contributed by atoms with E-state index in [0.717, 1.165) is 0 Å². The van der Waals surface area contributed by atoms with Crippen LogP contribution >= 0.6 is 11.3 Å². The molecular weight excluding hydrogens is 373 g/mol. The van der Waals surface area contributed by atoms with Gasteiger partial charge in [-0.1, -0.05) is 0 Å². The topological polar surface area (TPSA) is 133 Å². The number of carbonyl (C=O) groups is 1. The first kappa shape index (κ1) is 18.1. The zero-order valence-electron chi connectivity index (χ0n) is 11.3. The first-order chi connectivity index (χ1) is 10.4. The van der Waals surface area contributed by atoms with Gasteiger partial charge in [0.05, 0.1) is 5.51 Å². The number of nitriles is 1. The van der Waals surface area contributed by atoms with Crippen LogP contribution in [0, 0.1) is 11.3 Å². The molecule has 2 rings (SSSR count). The number of anilines is 1. The number of thiazole rings is 1. The van der Waals surface area contributed by atoms with Gasteiger partial charge in [-0.2, -0.15) is 5.26 Å². The summed E-state index contributed by atoms with van der Waals surface area (Å²) in [6.07, 6.45) is 0. The minimum Gasteiger partial charge on any atom is -0.234 e. The van der Waals surface area contributed by atoms with Crippen molar-refractivity contribution in [2.24, 2.45) is 0 Å². The summed E-state index contributed by atoms with van der Waals surface area (Å²) < 4.78 is 24.1. The van der Waals surface area contributed by atoms with E-state index >= 15 is 0 Å². The third kappa shape index (κ3) is 5.44. The number of amides is 1. The van der Waals surface area contributed by atoms with Gasteiger partial charge in [0, 0.05) is 5.38 Å². The van der Waals surface area contributed by atoms with Crippen molar-refractivity contribution >= 4 is 41.5 Å². The molecule has 0 aliphatic carbocycles. The zero-order valence-corrected chi connectivity index (χ0v) is 14.0. The summed E-state index contributed by atoms with van der Waals surface area (Å²) in [4.78, 5) is 14.5. The fourth-order valence-electron chi connectivity index (χ4n) is 1.33. The number of aromatic nitrogens is 1. The fourth-order valence-corrected chi connectivity index (χ4v) is 3.48. The monoisotopic (exact) mass is 385 g/mol. The molecule has 1 amide bonds. The second-order valence-corrected chi connectivity index (χ2v) is 8.04. The van der Waals surface area contributed by atoms with Gasteiger partial charge in [-0.05, 0) is 0 Å². The average molecular weight is 385 g/mol. The quantitative estimate of drug-likeness (QED) is 0.403. The van der Waals surface area contributed by atoms with Crippen LogP contribution in [0.1, 0.15) is 12.6 Å². The molecule has 1 aromatic heterocycles. The van der Waals surface area contributed by atoms with E-state index in [2.05, 4.69) is 14.2 Å². The van der Waals surface area contributed by atoms with Crippen LogP contribution in [0.2, 0.25) is 0 Å². The van der Waals surface area contributed by atoms with Crippen molar-refractivity contribution in [2.75, 3.05) is 5.32 Å². The average Bonchev–Trinajstić information content (AvgIpc) is 3.01. The van der Waals surface area contributed by atoms with Crippen LogP contribution in [0.15, 0.2) is 35.2 Å². The molecule has 0 saturated carbocycles. The van der Waals surface area contributed by atoms with Crippen molar-refractivity contribution in [3.05, 3.63) is 40.8 Å². The molecule has 1 unspecified atom stereocenters. The van der Waals surface area contributed by atoms with Crippen molar-refractivity contribution < 1.29 is 21.8 Å². The second-order valence-electron chi connectivity index (χ2n) is 3.79. The number of para-hydroxylation sites is 1. The summed E-state index contributed by atoms with van der Waals surface area (Å²) in [5.74, 6) is -0.379. The van der Waals surface area contributed by atoms with E-state index < -0.39 is 14.2 Å². The van der Waals surface area contributed by atoms with Crippen LogP contribution in [0.5, 0.6) is 0 Å². The van der Waals surface area contributed by atoms with E-state index in [1.165, 1.54) is 36.5 Å². The molecule has 0 radical (unpaired) electrons. The summed E-state index contributed by atoms with van der Waals surface area (Å²) in [6.45, 7) is 1.27. The standard InChI is InChI=1S/C8H10AsNO5.C4H2N2S/c1-6(11)10-8-5-3-2-4-7(8)9(12,13)15-14;5-1-4-2-7-3-6-4/h2-5,14H,1H3,(H,10,11)(H,12,13);2-3H. The Labute approximate surface area is 132 Å². The van der Waals surface area contributed by atoms with Crippen molar-refractivity contribution in [3.8, 4) is 6.07 Å². The van der Waals surface area contributed by atoms with Gasteiger partial charge >= 0.3 is 88.4 Å². The van der Waals surface area contributed by atoms with E-state index in [-0.39, 0.29) is 15.9 Å². The van der Waals surface area contributed by atoms with Crippen LogP contribution in [0.4, 0.5) is 5.69 Å². The molecule has 1 atom stereocenters. The molecule has 0 bridgehead atoms. The fraction of sp³-hybridized carbons (Fsp3) is 0.0833. The molecule has 10 heteroatoms. The third-order valence-corrected chi connectivity index (χ3v) is 5.32. The molecule has 0 fully saturated rings. The largest absolute Gasteiger partial charge is 0.234 e. The van der Waals surface area contributed by atoms with Gasteiger partial charge in [0.1, 0.15) is 6.07 Å². The summed E-state index contributed by atoms with van der Waals surface area (Å²) in [7, 11) is 0. The van der Waals surface area contributed by atoms with E-state index in [9.17, 15) is 12.6 Å². The predicted octanol–water partition coefficient (Wildman–Crippen LogP) is 0.718. The van der Waals surface area contributed by atoms with Gasteiger partial charge in [0.15, 0.2) is 5.69 Å². The van der Waals surface area contributed by atoms with E-state index in [4.69, 9.17) is 10.5 Å². The molecule has 8 nitrogen and oxygen atoms in total. The van der Waals surface area contributed by atoms with Crippen LogP contribution in [-0.4, -0.2) is 34.4 Å². The molecule has 0 aliphatic heterocycles. The Hall–Kier alpha value is -1.95. The van der Waals surface area contributed by atoms with Crippen LogP contribution in [-0.2, 0) is 12.4 Å². The van der Waals surface area contributed by atoms with Gasteiger partial charge in [-0.25, -0.2) is 4.98 Å². The number of carbonyl (C=O) groups excluding carboxylic acids is 1. The molecule has 0 saturated heterocycles.